The number of unbranched alkanes of at least 4 members (excludes halogenated alkanes) is 8. The van der Waals surface area contributed by atoms with Gasteiger partial charge in [0.15, 0.2) is 0 Å². The van der Waals surface area contributed by atoms with Gasteiger partial charge in [-0.05, 0) is 264 Å². The molecule has 7 atom stereocenters. The van der Waals surface area contributed by atoms with Crippen molar-refractivity contribution in [1.29, 1.82) is 0 Å². The summed E-state index contributed by atoms with van der Waals surface area (Å²) in [6.45, 7) is 14.4. The van der Waals surface area contributed by atoms with Gasteiger partial charge in [0.1, 0.15) is 23.0 Å². The Morgan fingerprint density at radius 2 is 0.704 bits per heavy atom. The number of morpholine rings is 1. The van der Waals surface area contributed by atoms with Gasteiger partial charge in [0.25, 0.3) is 23.6 Å². The van der Waals surface area contributed by atoms with Gasteiger partial charge in [0.2, 0.25) is 0 Å². The molecule has 3 aromatic heterocycles. The fourth-order valence-electron chi connectivity index (χ4n) is 15.4. The van der Waals surface area contributed by atoms with Gasteiger partial charge in [-0.1, -0.05) is 178 Å². The lowest BCUT2D eigenvalue weighted by molar-refractivity contribution is -0.138. The number of hydrogen-bond donors (Lipinski definition) is 4. The van der Waals surface area contributed by atoms with Gasteiger partial charge in [0.05, 0.1) is 57.7 Å². The van der Waals surface area contributed by atoms with E-state index in [0.29, 0.717) is 133 Å². The Balaban J connectivity index is 0.000000200. The molecule has 0 aliphatic carbocycles. The summed E-state index contributed by atoms with van der Waals surface area (Å²) in [6.07, 6.45) is 15.2. The predicted octanol–water partition coefficient (Wildman–Crippen LogP) is 25.9. The molecule has 12 aromatic rings. The summed E-state index contributed by atoms with van der Waals surface area (Å²) in [6, 6.07) is 77.1. The van der Waals surface area contributed by atoms with E-state index >= 15 is 0 Å². The Morgan fingerprint density at radius 3 is 1.05 bits per heavy atom. The topological polar surface area (TPSA) is 293 Å². The molecule has 4 amide bonds. The first-order valence-corrected chi connectivity index (χ1v) is 51.2. The summed E-state index contributed by atoms with van der Waals surface area (Å²) in [5.74, 6) is -1.59. The van der Waals surface area contributed by atoms with E-state index in [-0.39, 0.29) is 67.4 Å². The lowest BCUT2D eigenvalue weighted by Gasteiger charge is -2.29. The Labute approximate surface area is 850 Å². The van der Waals surface area contributed by atoms with Crippen molar-refractivity contribution in [1.82, 2.24) is 24.5 Å². The number of carboxylic acids is 4. The number of carboxylic acid groups (broad SMARTS) is 4. The number of hydrogen-bond acceptors (Lipinski definition) is 17. The minimum atomic E-state index is -0.941. The molecule has 1 aliphatic heterocycles. The molecule has 1 aliphatic rings. The van der Waals surface area contributed by atoms with Crippen LogP contribution in [-0.2, 0) is 50.0 Å². The number of nitrogens with zero attached hydrogens (tertiary/aromatic N) is 5. The SMILES string of the molecule is [2H]C(c1ccccc1OCCCCCC(=O)O)N(C(=O)c1ccc(-c2cccs2)cc1)C(C)CC.[2H]C(c1ccccc1OCCCCCC(=O)O)N(C(=O)c1ccc(-c2ccoc2)cc1)C(C)CC.[2H]C(c1ccccc1OCCCCCC(=O)O)N(C(=O)c1ccc(-c2ccsc2)cc1)C(C)CC.[2H]C(c1ccccc1OCCCCCC(=O)O)N(CCCN1CCOCC1)C(=O)c1ccc(-c2ccccc2)cc1. The number of rotatable bonds is 54. The number of carbonyl (C=O) groups excluding carboxylic acids is 4. The lowest BCUT2D eigenvalue weighted by atomic mass is 10.0. The van der Waals surface area contributed by atoms with Gasteiger partial charge in [0, 0.05) is 151 Å². The zero-order valence-corrected chi connectivity index (χ0v) is 84.0. The fourth-order valence-corrected chi connectivity index (χ4v) is 16.8. The molecule has 0 spiro atoms. The molecule has 1 saturated heterocycles. The van der Waals surface area contributed by atoms with Crippen molar-refractivity contribution in [3.05, 3.63) is 322 Å². The Hall–Kier alpha value is -13.5. The van der Waals surface area contributed by atoms with Crippen LogP contribution in [0.25, 0.3) is 43.8 Å². The van der Waals surface area contributed by atoms with Crippen molar-refractivity contribution >= 4 is 70.2 Å². The van der Waals surface area contributed by atoms with Crippen molar-refractivity contribution in [3.63, 3.8) is 0 Å². The van der Waals surface area contributed by atoms with E-state index in [0.717, 1.165) is 147 Å². The van der Waals surface area contributed by atoms with Crippen LogP contribution in [0.2, 0.25) is 0 Å². The number of aliphatic carboxylic acids is 4. The second kappa shape index (κ2) is 61.3. The summed E-state index contributed by atoms with van der Waals surface area (Å²) in [7, 11) is 0. The molecular weight excluding hydrogens is 1830 g/mol. The van der Waals surface area contributed by atoms with Crippen LogP contribution in [0.5, 0.6) is 23.0 Å². The Kier molecular flexibility index (Phi) is 45.0. The number of para-hydroxylation sites is 4. The van der Waals surface area contributed by atoms with Gasteiger partial charge in [-0.3, -0.25) is 43.3 Å². The molecule has 752 valence electrons. The van der Waals surface area contributed by atoms with Crippen molar-refractivity contribution < 1.29 is 92.4 Å². The molecule has 23 nitrogen and oxygen atoms in total. The van der Waals surface area contributed by atoms with Crippen molar-refractivity contribution in [2.75, 3.05) is 65.8 Å². The van der Waals surface area contributed by atoms with E-state index < -0.39 is 50.0 Å². The zero-order chi connectivity index (χ0) is 104. The van der Waals surface area contributed by atoms with Crippen LogP contribution >= 0.6 is 22.7 Å². The molecule has 9 aromatic carbocycles. The lowest BCUT2D eigenvalue weighted by Crippen LogP contribution is -2.39. The standard InChI is InChI=1S/C33H40N2O5.C28H33NO5.2C28H33NO4S/c36-32(37)14-5-2-8-23-40-31-13-7-6-12-30(31)26-35(20-9-19-34-21-24-39-25-22-34)33(38)29-17-15-28(16-18-29)27-10-3-1-4-11-27;1-3-21(2)29(28(32)23-14-12-22(13-15-23)25-16-18-33-20-25)19-24-9-6-7-10-26(24)34-17-8-4-5-11-27(30)31;1-3-21(2)29(28(32)23-16-14-22(15-17-23)26-12-9-19-34-26)20-24-10-6-7-11-25(24)33-18-8-4-5-13-27(30)31;1-3-21(2)29(28(32)23-14-12-22(13-15-23)25-16-18-34-20-25)19-24-9-6-7-10-26(24)33-17-8-4-5-11-27(30)31/h1,3-4,6-7,10-13,15-18H,2,5,8-9,14,19-26H2,(H,36,37);6-7,9-10,12-16,18,20-21H,3-5,8,11,17,19H2,1-2H3,(H,30,31);6-7,9-12,14-17,19,21H,3-5,8,13,18,20H2,1-2H3,(H,30,31);6-7,9-10,12-16,18,20-21H,3-5,8,11,17,19H2,1-2H3,(H,30,31)/i26D;19D;20D;19D. The highest BCUT2D eigenvalue weighted by Gasteiger charge is 2.28. The monoisotopic (exact) mass is 1970 g/mol. The van der Waals surface area contributed by atoms with Crippen LogP contribution in [0.1, 0.15) is 239 Å². The van der Waals surface area contributed by atoms with E-state index in [9.17, 15) is 39.7 Å². The van der Waals surface area contributed by atoms with Gasteiger partial charge in [-0.25, -0.2) is 0 Å². The molecular formula is C117H139N5O18S2. The Bertz CT molecular complexity index is 5510. The normalized spacial score (nSPS) is 13.5. The maximum atomic E-state index is 13.9. The third-order valence-electron chi connectivity index (χ3n) is 24.3. The number of thiophene rings is 2. The predicted molar refractivity (Wildman–Crippen MR) is 563 cm³/mol. The van der Waals surface area contributed by atoms with Crippen LogP contribution in [0.15, 0.2) is 282 Å². The van der Waals surface area contributed by atoms with E-state index in [1.54, 1.807) is 66.9 Å². The fraction of sp³-hybridized carbons (Fsp3) is 0.368. The van der Waals surface area contributed by atoms with Crippen LogP contribution in [0, 0.1) is 0 Å². The zero-order valence-electron chi connectivity index (χ0n) is 86.4. The summed E-state index contributed by atoms with van der Waals surface area (Å²) in [4.78, 5) is 107. The average molecular weight is 1970 g/mol. The highest BCUT2D eigenvalue weighted by atomic mass is 32.1. The number of benzene rings is 9. The Morgan fingerprint density at radius 1 is 0.359 bits per heavy atom. The minimum absolute atomic E-state index is 0.133. The first kappa shape index (κ1) is 104. The summed E-state index contributed by atoms with van der Waals surface area (Å²) in [5, 5.41) is 41.2. The summed E-state index contributed by atoms with van der Waals surface area (Å²) < 4.78 is 70.8. The van der Waals surface area contributed by atoms with Gasteiger partial charge in [-0.2, -0.15) is 11.3 Å². The van der Waals surface area contributed by atoms with Crippen molar-refractivity contribution in [2.45, 2.75) is 214 Å². The molecule has 4 heterocycles. The van der Waals surface area contributed by atoms with E-state index in [1.165, 1.54) is 0 Å². The molecule has 4 N–H and O–H groups in total. The van der Waals surface area contributed by atoms with Crippen molar-refractivity contribution in [3.8, 4) is 66.8 Å². The maximum absolute atomic E-state index is 13.9. The third-order valence-corrected chi connectivity index (χ3v) is 25.9. The largest absolute Gasteiger partial charge is 0.493 e. The summed E-state index contributed by atoms with van der Waals surface area (Å²) in [5.41, 5.74) is 12.0. The molecule has 0 saturated carbocycles. The van der Waals surface area contributed by atoms with E-state index in [2.05, 4.69) is 22.4 Å². The molecule has 142 heavy (non-hydrogen) atoms. The second-order valence-corrected chi connectivity index (χ2v) is 36.5. The first-order valence-electron chi connectivity index (χ1n) is 51.7. The molecule has 25 heteroatoms. The first-order chi connectivity index (χ1) is 70.8. The van der Waals surface area contributed by atoms with Crippen molar-refractivity contribution in [2.24, 2.45) is 0 Å². The average Bonchev–Trinajstić information content (AvgIpc) is 0.994. The minimum Gasteiger partial charge on any atom is -0.493 e. The smallest absolute Gasteiger partial charge is 0.303 e. The van der Waals surface area contributed by atoms with Crippen LogP contribution in [-0.4, -0.2) is 176 Å². The number of amides is 4. The van der Waals surface area contributed by atoms with E-state index in [4.69, 9.17) is 52.6 Å². The quantitative estimate of drug-likeness (QED) is 0.0258. The van der Waals surface area contributed by atoms with Gasteiger partial charge >= 0.3 is 23.9 Å². The molecule has 1 fully saturated rings. The van der Waals surface area contributed by atoms with Crippen LogP contribution < -0.4 is 18.9 Å². The molecule has 7 unspecified atom stereocenters. The van der Waals surface area contributed by atoms with Gasteiger partial charge < -0.3 is 68.1 Å². The molecule has 13 rings (SSSR count). The number of carbonyl (C=O) groups is 8. The molecule has 0 radical (unpaired) electrons. The number of ether oxygens (including phenoxy) is 5. The van der Waals surface area contributed by atoms with E-state index in [1.807, 2.05) is 277 Å². The highest BCUT2D eigenvalue weighted by molar-refractivity contribution is 7.13. The summed E-state index contributed by atoms with van der Waals surface area (Å²) >= 11 is 3.29. The van der Waals surface area contributed by atoms with Crippen LogP contribution in [0.3, 0.4) is 0 Å². The maximum Gasteiger partial charge on any atom is 0.303 e. The highest BCUT2D eigenvalue weighted by Crippen LogP contribution is 2.33. The molecule has 0 bridgehead atoms. The third kappa shape index (κ3) is 37.2. The van der Waals surface area contributed by atoms with Gasteiger partial charge in [-0.15, -0.1) is 11.3 Å². The second-order valence-electron chi connectivity index (χ2n) is 34.8. The van der Waals surface area contributed by atoms with Crippen LogP contribution in [0.4, 0.5) is 0 Å². The number of furan rings is 1.